The lowest BCUT2D eigenvalue weighted by Gasteiger charge is -2.45. The minimum Gasteiger partial charge on any atom is -0.444 e. The molecule has 1 saturated carbocycles. The summed E-state index contributed by atoms with van der Waals surface area (Å²) in [5.41, 5.74) is -0.571. The predicted octanol–water partition coefficient (Wildman–Crippen LogP) is 4.15. The highest BCUT2D eigenvalue weighted by atomic mass is 79.9. The van der Waals surface area contributed by atoms with Gasteiger partial charge in [0.1, 0.15) is 11.8 Å². The van der Waals surface area contributed by atoms with Gasteiger partial charge in [-0.25, -0.2) is 9.18 Å². The monoisotopic (exact) mass is 446 g/mol. The van der Waals surface area contributed by atoms with Crippen LogP contribution < -0.4 is 4.90 Å². The number of fused-ring (bicyclic) bond motifs is 2. The number of rotatable bonds is 3. The molecular formula is C17H24BrFN4O2S. The normalized spacial score (nSPS) is 31.2. The summed E-state index contributed by atoms with van der Waals surface area (Å²) in [5.74, 6) is 0. The number of halogens is 2. The summed E-state index contributed by atoms with van der Waals surface area (Å²) >= 11 is 4.80. The fourth-order valence-electron chi connectivity index (χ4n) is 4.21. The number of aromatic nitrogens is 2. The van der Waals surface area contributed by atoms with Crippen molar-refractivity contribution < 1.29 is 13.9 Å². The van der Waals surface area contributed by atoms with Gasteiger partial charge in [0.15, 0.2) is 3.92 Å². The maximum absolute atomic E-state index is 15.6. The first-order valence-corrected chi connectivity index (χ1v) is 10.8. The van der Waals surface area contributed by atoms with Gasteiger partial charge in [-0.1, -0.05) is 11.3 Å². The van der Waals surface area contributed by atoms with Crippen molar-refractivity contribution in [1.82, 2.24) is 15.1 Å². The highest BCUT2D eigenvalue weighted by molar-refractivity contribution is 9.11. The molecule has 1 aromatic rings. The fraction of sp³-hybridized carbons (Fsp3) is 0.824. The summed E-state index contributed by atoms with van der Waals surface area (Å²) in [6.45, 7) is 5.53. The molecule has 26 heavy (non-hydrogen) atoms. The molecule has 2 aliphatic heterocycles. The van der Waals surface area contributed by atoms with Gasteiger partial charge in [0, 0.05) is 12.1 Å². The van der Waals surface area contributed by atoms with Crippen molar-refractivity contribution in [3.8, 4) is 0 Å². The largest absolute Gasteiger partial charge is 0.444 e. The molecule has 0 unspecified atom stereocenters. The number of ether oxygens (including phenoxy) is 1. The van der Waals surface area contributed by atoms with E-state index in [-0.39, 0.29) is 18.2 Å². The minimum atomic E-state index is -1.11. The number of hydrogen-bond acceptors (Lipinski definition) is 6. The fourth-order valence-corrected chi connectivity index (χ4v) is 5.43. The molecule has 144 valence electrons. The van der Waals surface area contributed by atoms with Crippen LogP contribution in [0.15, 0.2) is 3.92 Å². The summed E-state index contributed by atoms with van der Waals surface area (Å²) in [5, 5.41) is 9.05. The van der Waals surface area contributed by atoms with Crippen molar-refractivity contribution in [3.05, 3.63) is 3.92 Å². The molecule has 1 amide bonds. The maximum atomic E-state index is 15.6. The summed E-state index contributed by atoms with van der Waals surface area (Å²) in [6.07, 6.45) is 2.77. The molecule has 6 nitrogen and oxygen atoms in total. The van der Waals surface area contributed by atoms with E-state index in [0.29, 0.717) is 22.8 Å². The van der Waals surface area contributed by atoms with Crippen molar-refractivity contribution in [2.45, 2.75) is 88.8 Å². The van der Waals surface area contributed by atoms with Crippen molar-refractivity contribution in [2.75, 3.05) is 4.90 Å². The zero-order valence-corrected chi connectivity index (χ0v) is 17.6. The van der Waals surface area contributed by atoms with Gasteiger partial charge in [-0.3, -0.25) is 4.90 Å². The summed E-state index contributed by atoms with van der Waals surface area (Å²) in [4.78, 5) is 16.4. The van der Waals surface area contributed by atoms with Gasteiger partial charge >= 0.3 is 6.09 Å². The van der Waals surface area contributed by atoms with E-state index in [1.165, 1.54) is 11.3 Å². The molecule has 2 bridgehead atoms. The summed E-state index contributed by atoms with van der Waals surface area (Å²) < 4.78 is 21.8. The lowest BCUT2D eigenvalue weighted by molar-refractivity contribution is -0.0108. The van der Waals surface area contributed by atoms with Gasteiger partial charge in [-0.05, 0) is 68.8 Å². The quantitative estimate of drug-likeness (QED) is 0.697. The van der Waals surface area contributed by atoms with Crippen molar-refractivity contribution in [2.24, 2.45) is 0 Å². The number of alkyl halides is 1. The molecule has 3 aliphatic rings. The van der Waals surface area contributed by atoms with Crippen LogP contribution >= 0.6 is 27.3 Å². The molecule has 0 N–H and O–H groups in total. The van der Waals surface area contributed by atoms with E-state index < -0.39 is 17.8 Å². The summed E-state index contributed by atoms with van der Waals surface area (Å²) in [7, 11) is 0. The van der Waals surface area contributed by atoms with Crippen LogP contribution in [0.1, 0.15) is 52.9 Å². The van der Waals surface area contributed by atoms with E-state index in [1.54, 1.807) is 4.90 Å². The van der Waals surface area contributed by atoms with Crippen LogP contribution in [0, 0.1) is 0 Å². The van der Waals surface area contributed by atoms with Gasteiger partial charge in [0.2, 0.25) is 5.13 Å². The van der Waals surface area contributed by atoms with E-state index in [1.807, 2.05) is 20.8 Å². The molecule has 1 aromatic heterocycles. The van der Waals surface area contributed by atoms with Gasteiger partial charge in [-0.15, -0.1) is 10.2 Å². The number of hydrogen-bond donors (Lipinski definition) is 0. The Morgan fingerprint density at radius 1 is 1.31 bits per heavy atom. The van der Waals surface area contributed by atoms with Crippen molar-refractivity contribution in [1.29, 1.82) is 0 Å². The second-order valence-corrected chi connectivity index (χ2v) is 10.6. The molecule has 3 heterocycles. The number of carbonyl (C=O) groups is 1. The molecule has 0 radical (unpaired) electrons. The molecule has 3 fully saturated rings. The Bertz CT molecular complexity index is 693. The van der Waals surface area contributed by atoms with Gasteiger partial charge < -0.3 is 9.64 Å². The third-order valence-corrected chi connectivity index (χ3v) is 6.68. The second-order valence-electron chi connectivity index (χ2n) is 8.41. The third-order valence-electron chi connectivity index (χ3n) is 5.31. The number of amides is 1. The van der Waals surface area contributed by atoms with Gasteiger partial charge in [0.25, 0.3) is 0 Å². The van der Waals surface area contributed by atoms with E-state index in [2.05, 4.69) is 31.0 Å². The Hall–Kier alpha value is -0.960. The number of carbonyl (C=O) groups excluding carboxylic acids is 1. The Balaban J connectivity index is 1.55. The van der Waals surface area contributed by atoms with Crippen molar-refractivity contribution in [3.63, 3.8) is 0 Å². The molecule has 4 atom stereocenters. The van der Waals surface area contributed by atoms with Crippen LogP contribution in [0.3, 0.4) is 0 Å². The zero-order valence-electron chi connectivity index (χ0n) is 15.2. The molecule has 2 saturated heterocycles. The standard InChI is InChI=1S/C17H24BrFN4O2S/c1-17(2,3)25-16(24)23-10-6-7-11(23)13(19)12(8-10)22(9-4-5-9)15-21-20-14(18)26-15/h9-13H,4-8H2,1-3H3/t10-,11+,12-,13+/m1/s1. The first kappa shape index (κ1) is 18.4. The van der Waals surface area contributed by atoms with E-state index >= 15 is 4.39 Å². The van der Waals surface area contributed by atoms with Crippen LogP contribution in [0.4, 0.5) is 14.3 Å². The molecule has 0 aromatic carbocycles. The highest BCUT2D eigenvalue weighted by Gasteiger charge is 2.54. The average Bonchev–Trinajstić information content (AvgIpc) is 3.17. The van der Waals surface area contributed by atoms with Crippen LogP contribution in [-0.2, 0) is 4.74 Å². The number of nitrogens with zero attached hydrogens (tertiary/aromatic N) is 4. The van der Waals surface area contributed by atoms with Crippen LogP contribution in [0.5, 0.6) is 0 Å². The Kier molecular flexibility index (Phi) is 4.66. The summed E-state index contributed by atoms with van der Waals surface area (Å²) in [6, 6.07) is -0.292. The van der Waals surface area contributed by atoms with Crippen molar-refractivity contribution >= 4 is 38.5 Å². The Labute approximate surface area is 165 Å². The third kappa shape index (κ3) is 3.44. The first-order valence-electron chi connectivity index (χ1n) is 9.17. The number of piperidine rings is 1. The van der Waals surface area contributed by atoms with Gasteiger partial charge in [0.05, 0.1) is 12.1 Å². The van der Waals surface area contributed by atoms with E-state index in [4.69, 9.17) is 4.74 Å². The molecule has 9 heteroatoms. The zero-order chi connectivity index (χ0) is 18.6. The maximum Gasteiger partial charge on any atom is 0.410 e. The Morgan fingerprint density at radius 2 is 2.04 bits per heavy atom. The Morgan fingerprint density at radius 3 is 2.62 bits per heavy atom. The molecule has 4 rings (SSSR count). The minimum absolute atomic E-state index is 0.0319. The molecule has 0 spiro atoms. The molecular weight excluding hydrogens is 423 g/mol. The molecule has 1 aliphatic carbocycles. The topological polar surface area (TPSA) is 58.6 Å². The number of anilines is 1. The smallest absolute Gasteiger partial charge is 0.410 e. The first-order chi connectivity index (χ1) is 12.2. The lowest BCUT2D eigenvalue weighted by atomic mass is 9.94. The second kappa shape index (κ2) is 6.58. The SMILES string of the molecule is CC(C)(C)OC(=O)N1[C@@H]2CC[C@H]1[C@H](F)[C@H](N(c1nnc(Br)s1)C1CC1)C2. The predicted molar refractivity (Wildman–Crippen MR) is 101 cm³/mol. The van der Waals surface area contributed by atoms with Crippen LogP contribution in [-0.4, -0.2) is 57.1 Å². The van der Waals surface area contributed by atoms with Crippen LogP contribution in [0.2, 0.25) is 0 Å². The average molecular weight is 447 g/mol. The van der Waals surface area contributed by atoms with E-state index in [0.717, 1.165) is 24.4 Å². The van der Waals surface area contributed by atoms with Crippen LogP contribution in [0.25, 0.3) is 0 Å². The lowest BCUT2D eigenvalue weighted by Crippen LogP contribution is -2.60. The van der Waals surface area contributed by atoms with E-state index in [9.17, 15) is 4.79 Å². The highest BCUT2D eigenvalue weighted by Crippen LogP contribution is 2.45. The van der Waals surface area contributed by atoms with Gasteiger partial charge in [-0.2, -0.15) is 0 Å².